The van der Waals surface area contributed by atoms with Crippen LogP contribution in [0.4, 0.5) is 24.7 Å². The third-order valence-electron chi connectivity index (χ3n) is 9.42. The summed E-state index contributed by atoms with van der Waals surface area (Å²) in [7, 11) is 3.97. The second-order valence-corrected chi connectivity index (χ2v) is 13.4. The Bertz CT molecular complexity index is 2400. The van der Waals surface area contributed by atoms with E-state index < -0.39 is 34.7 Å². The summed E-state index contributed by atoms with van der Waals surface area (Å²) in [6.07, 6.45) is -2.06. The van der Waals surface area contributed by atoms with Crippen molar-refractivity contribution in [1.29, 1.82) is 0 Å². The van der Waals surface area contributed by atoms with Crippen LogP contribution < -0.4 is 31.9 Å². The van der Waals surface area contributed by atoms with Gasteiger partial charge in [0.25, 0.3) is 5.56 Å². The quantitative estimate of drug-likeness (QED) is 0.182. The molecular formula is C35H31Cl2F3N8O4. The zero-order valence-electron chi connectivity index (χ0n) is 28.0. The molecule has 0 bridgehead atoms. The molecule has 4 heterocycles. The van der Waals surface area contributed by atoms with Crippen molar-refractivity contribution in [2.24, 2.45) is 14.1 Å². The highest BCUT2D eigenvalue weighted by atomic mass is 35.5. The Kier molecular flexibility index (Phi) is 9.21. The van der Waals surface area contributed by atoms with Crippen molar-refractivity contribution in [1.82, 2.24) is 34.7 Å². The number of carbonyl (C=O) groups excluding carboxylic acids is 1. The lowest BCUT2D eigenvalue weighted by molar-refractivity contribution is -0.144. The van der Waals surface area contributed by atoms with Gasteiger partial charge in [-0.25, -0.2) is 19.7 Å². The minimum atomic E-state index is -4.98. The van der Waals surface area contributed by atoms with E-state index in [9.17, 15) is 27.6 Å². The van der Waals surface area contributed by atoms with E-state index in [1.54, 1.807) is 31.4 Å². The van der Waals surface area contributed by atoms with E-state index >= 15 is 0 Å². The lowest BCUT2D eigenvalue weighted by Gasteiger charge is -2.20. The molecule has 17 heteroatoms. The number of nitrogens with zero attached hydrogens (tertiary/aromatic N) is 5. The Labute approximate surface area is 304 Å². The summed E-state index contributed by atoms with van der Waals surface area (Å²) in [4.78, 5) is 49.3. The summed E-state index contributed by atoms with van der Waals surface area (Å²) >= 11 is 14.0. The Morgan fingerprint density at radius 3 is 2.35 bits per heavy atom. The number of hydrogen-bond donors (Lipinski definition) is 3. The molecule has 0 saturated carbocycles. The molecule has 2 aromatic carbocycles. The molecule has 270 valence electrons. The number of aryl methyl sites for hydroxylation is 2. The molecule has 3 N–H and O–H groups in total. The molecule has 1 amide bonds. The van der Waals surface area contributed by atoms with E-state index in [0.29, 0.717) is 46.3 Å². The Balaban J connectivity index is 1.25. The first-order chi connectivity index (χ1) is 24.8. The number of fused-ring (bicyclic) bond motifs is 2. The van der Waals surface area contributed by atoms with Crippen LogP contribution in [0.15, 0.2) is 52.1 Å². The highest BCUT2D eigenvalue weighted by Crippen LogP contribution is 2.44. The van der Waals surface area contributed by atoms with Gasteiger partial charge in [0.05, 0.1) is 28.5 Å². The summed E-state index contributed by atoms with van der Waals surface area (Å²) < 4.78 is 49.0. The van der Waals surface area contributed by atoms with Crippen LogP contribution in [0.25, 0.3) is 33.4 Å². The zero-order valence-corrected chi connectivity index (χ0v) is 29.5. The average Bonchev–Trinajstić information content (AvgIpc) is 3.74. The number of halogens is 5. The SMILES string of the molecule is COc1nc(-c2cccc(-c3cccc(Nc4nc(C(F)(F)F)nc5c4c(=O)n(C)c(=O)n5C)c3Cl)c2Cl)cc2c1[C@@H](NC[C@H]1CCC(=O)N1)CC2. The van der Waals surface area contributed by atoms with E-state index in [1.807, 2.05) is 12.1 Å². The maximum Gasteiger partial charge on any atom is 0.451 e. The van der Waals surface area contributed by atoms with Gasteiger partial charge < -0.3 is 20.7 Å². The number of amides is 1. The summed E-state index contributed by atoms with van der Waals surface area (Å²) in [6.45, 7) is 0.635. The maximum absolute atomic E-state index is 13.9. The van der Waals surface area contributed by atoms with Gasteiger partial charge in [0.1, 0.15) is 11.2 Å². The lowest BCUT2D eigenvalue weighted by Crippen LogP contribution is -2.38. The molecule has 3 aromatic heterocycles. The normalized spacial score (nSPS) is 17.0. The minimum absolute atomic E-state index is 0.00383. The summed E-state index contributed by atoms with van der Waals surface area (Å²) in [6, 6.07) is 12.2. The van der Waals surface area contributed by atoms with Crippen LogP contribution in [0.2, 0.25) is 10.0 Å². The number of ether oxygens (including phenoxy) is 1. The number of nitrogens with one attached hydrogen (secondary N) is 3. The third-order valence-corrected chi connectivity index (χ3v) is 10.2. The Hall–Kier alpha value is -4.99. The number of carbonyl (C=O) groups is 1. The van der Waals surface area contributed by atoms with Gasteiger partial charge in [-0.2, -0.15) is 13.2 Å². The first-order valence-corrected chi connectivity index (χ1v) is 17.0. The molecule has 2 aliphatic rings. The van der Waals surface area contributed by atoms with Gasteiger partial charge in [-0.3, -0.25) is 18.7 Å². The fraction of sp³-hybridized carbons (Fsp3) is 0.314. The van der Waals surface area contributed by atoms with Gasteiger partial charge in [0.2, 0.25) is 17.6 Å². The predicted molar refractivity (Wildman–Crippen MR) is 190 cm³/mol. The van der Waals surface area contributed by atoms with Gasteiger partial charge in [0.15, 0.2) is 5.65 Å². The van der Waals surface area contributed by atoms with Crippen molar-refractivity contribution in [3.63, 3.8) is 0 Å². The maximum atomic E-state index is 13.9. The van der Waals surface area contributed by atoms with Crippen LogP contribution in [0, 0.1) is 0 Å². The third kappa shape index (κ3) is 6.26. The first-order valence-electron chi connectivity index (χ1n) is 16.3. The first kappa shape index (κ1) is 35.4. The lowest BCUT2D eigenvalue weighted by atomic mass is 9.99. The second-order valence-electron chi connectivity index (χ2n) is 12.6. The van der Waals surface area contributed by atoms with Gasteiger partial charge in [-0.15, -0.1) is 0 Å². The van der Waals surface area contributed by atoms with Crippen molar-refractivity contribution in [2.75, 3.05) is 19.0 Å². The number of benzene rings is 2. The van der Waals surface area contributed by atoms with Gasteiger partial charge in [0, 0.05) is 61.4 Å². The number of anilines is 2. The summed E-state index contributed by atoms with van der Waals surface area (Å²) in [5.74, 6) is -1.51. The number of hydrogen-bond acceptors (Lipinski definition) is 9. The van der Waals surface area contributed by atoms with Crippen LogP contribution in [0.5, 0.6) is 5.88 Å². The molecule has 52 heavy (non-hydrogen) atoms. The average molecular weight is 756 g/mol. The second kappa shape index (κ2) is 13.5. The molecule has 7 rings (SSSR count). The molecule has 12 nitrogen and oxygen atoms in total. The summed E-state index contributed by atoms with van der Waals surface area (Å²) in [5, 5.41) is 9.38. The molecule has 2 atom stereocenters. The molecule has 0 spiro atoms. The van der Waals surface area contributed by atoms with Crippen molar-refractivity contribution in [3.8, 4) is 28.3 Å². The van der Waals surface area contributed by atoms with Crippen molar-refractivity contribution in [3.05, 3.63) is 90.3 Å². The zero-order chi connectivity index (χ0) is 37.1. The highest BCUT2D eigenvalue weighted by molar-refractivity contribution is 6.39. The topological polar surface area (TPSA) is 145 Å². The summed E-state index contributed by atoms with van der Waals surface area (Å²) in [5.41, 5.74) is 2.02. The van der Waals surface area contributed by atoms with E-state index in [4.69, 9.17) is 32.9 Å². The van der Waals surface area contributed by atoms with Crippen molar-refractivity contribution < 1.29 is 22.7 Å². The van der Waals surface area contributed by atoms with Crippen LogP contribution in [0.3, 0.4) is 0 Å². The molecule has 0 unspecified atom stereocenters. The molecule has 0 radical (unpaired) electrons. The number of alkyl halides is 3. The van der Waals surface area contributed by atoms with Crippen LogP contribution in [-0.2, 0) is 31.5 Å². The fourth-order valence-corrected chi connectivity index (χ4v) is 7.40. The van der Waals surface area contributed by atoms with E-state index in [0.717, 1.165) is 39.5 Å². The van der Waals surface area contributed by atoms with E-state index in [-0.39, 0.29) is 34.1 Å². The molecule has 1 aliphatic heterocycles. The number of pyridine rings is 1. The smallest absolute Gasteiger partial charge is 0.451 e. The highest BCUT2D eigenvalue weighted by Gasteiger charge is 2.37. The van der Waals surface area contributed by atoms with E-state index in [2.05, 4.69) is 25.9 Å². The van der Waals surface area contributed by atoms with Crippen LogP contribution in [-0.4, -0.2) is 49.7 Å². The van der Waals surface area contributed by atoms with E-state index in [1.165, 1.54) is 20.2 Å². The van der Waals surface area contributed by atoms with Gasteiger partial charge >= 0.3 is 11.9 Å². The number of methoxy groups -OCH3 is 1. The molecule has 1 aliphatic carbocycles. The standard InChI is InChI=1S/C35H31Cl2F3N8O4/c1-47-30-26(32(50)48(2)34(47)51)29(45-33(46-30)35(38,39)40)43-22-9-5-7-19(28(22)37)18-6-4-8-20(27(18)36)23-14-16-10-12-21(25(16)31(44-23)52-3)41-15-17-11-13-24(49)42-17/h4-9,14,17,21,41H,10-13,15H2,1-3H3,(H,42,49)(H,43,45,46)/t17-,21+/m1/s1. The minimum Gasteiger partial charge on any atom is -0.481 e. The van der Waals surface area contributed by atoms with Gasteiger partial charge in [-0.1, -0.05) is 53.5 Å². The monoisotopic (exact) mass is 754 g/mol. The number of rotatable bonds is 8. The number of aromatic nitrogens is 5. The van der Waals surface area contributed by atoms with Crippen LogP contribution >= 0.6 is 23.2 Å². The van der Waals surface area contributed by atoms with Crippen LogP contribution in [0.1, 0.15) is 42.3 Å². The Morgan fingerprint density at radius 1 is 0.942 bits per heavy atom. The molecular weight excluding hydrogens is 724 g/mol. The largest absolute Gasteiger partial charge is 0.481 e. The van der Waals surface area contributed by atoms with Gasteiger partial charge in [-0.05, 0) is 37.0 Å². The predicted octanol–water partition coefficient (Wildman–Crippen LogP) is 5.69. The molecule has 1 fully saturated rings. The Morgan fingerprint density at radius 2 is 1.65 bits per heavy atom. The van der Waals surface area contributed by atoms with Crippen molar-refractivity contribution >= 4 is 51.6 Å². The van der Waals surface area contributed by atoms with Crippen molar-refractivity contribution in [2.45, 2.75) is 43.9 Å². The molecule has 5 aromatic rings. The molecule has 1 saturated heterocycles. The fourth-order valence-electron chi connectivity index (χ4n) is 6.80.